The number of rotatable bonds is 14. The van der Waals surface area contributed by atoms with Crippen LogP contribution in [0.25, 0.3) is 0 Å². The van der Waals surface area contributed by atoms with E-state index in [1.54, 1.807) is 20.8 Å². The molecule has 9 heteroatoms. The molecule has 1 heterocycles. The molecular weight excluding hydrogens is 517 g/mol. The highest BCUT2D eigenvalue weighted by Gasteiger charge is 2.43. The van der Waals surface area contributed by atoms with Gasteiger partial charge in [0, 0.05) is 31.0 Å². The maximum Gasteiger partial charge on any atom is 0.326 e. The maximum atomic E-state index is 14.2. The molecule has 39 heavy (non-hydrogen) atoms. The van der Waals surface area contributed by atoms with E-state index in [9.17, 15) is 24.1 Å². The summed E-state index contributed by atoms with van der Waals surface area (Å²) in [6, 6.07) is 18.4. The van der Waals surface area contributed by atoms with Gasteiger partial charge in [0.05, 0.1) is 0 Å². The van der Waals surface area contributed by atoms with Crippen LogP contribution in [0.4, 0.5) is 0 Å². The Balaban J connectivity index is 1.76. The summed E-state index contributed by atoms with van der Waals surface area (Å²) in [6.07, 6.45) is 1.14. The maximum absolute atomic E-state index is 14.2. The van der Waals surface area contributed by atoms with E-state index in [0.717, 1.165) is 24.0 Å². The van der Waals surface area contributed by atoms with Gasteiger partial charge < -0.3 is 14.7 Å². The zero-order chi connectivity index (χ0) is 28.4. The van der Waals surface area contributed by atoms with Gasteiger partial charge in [0.25, 0.3) is 0 Å². The minimum atomic E-state index is -3.64. The number of hydrogen-bond donors (Lipinski definition) is 1. The van der Waals surface area contributed by atoms with Gasteiger partial charge in [-0.05, 0) is 36.8 Å². The largest absolute Gasteiger partial charge is 0.480 e. The highest BCUT2D eigenvalue weighted by molar-refractivity contribution is 7.59. The predicted octanol–water partition coefficient (Wildman–Crippen LogP) is 5.71. The van der Waals surface area contributed by atoms with Gasteiger partial charge in [-0.2, -0.15) is 0 Å². The molecule has 8 nitrogen and oxygen atoms in total. The van der Waals surface area contributed by atoms with Crippen LogP contribution in [-0.2, 0) is 34.6 Å². The summed E-state index contributed by atoms with van der Waals surface area (Å²) in [5.41, 5.74) is 2.13. The summed E-state index contributed by atoms with van der Waals surface area (Å²) in [6.45, 7) is 5.47. The Kier molecular flexibility index (Phi) is 11.3. The number of ether oxygens (including phenoxy) is 1. The minimum absolute atomic E-state index is 0.128. The van der Waals surface area contributed by atoms with Crippen molar-refractivity contribution in [2.45, 2.75) is 71.1 Å². The molecule has 1 aliphatic rings. The fourth-order valence-electron chi connectivity index (χ4n) is 4.79. The first kappa shape index (κ1) is 30.6. The van der Waals surface area contributed by atoms with Crippen LogP contribution in [0.5, 0.6) is 0 Å². The van der Waals surface area contributed by atoms with Gasteiger partial charge in [0.1, 0.15) is 12.2 Å². The summed E-state index contributed by atoms with van der Waals surface area (Å²) in [4.78, 5) is 39.0. The number of carboxylic acids is 1. The molecule has 0 aliphatic carbocycles. The number of amides is 1. The van der Waals surface area contributed by atoms with Gasteiger partial charge in [-0.3, -0.25) is 18.7 Å². The first-order valence-corrected chi connectivity index (χ1v) is 15.7. The molecule has 0 saturated carbocycles. The van der Waals surface area contributed by atoms with E-state index < -0.39 is 43.7 Å². The average Bonchev–Trinajstić information content (AvgIpc) is 3.38. The third kappa shape index (κ3) is 9.04. The molecule has 0 bridgehead atoms. The second-order valence-electron chi connectivity index (χ2n) is 10.4. The lowest BCUT2D eigenvalue weighted by Gasteiger charge is -2.29. The predicted molar refractivity (Wildman–Crippen MR) is 150 cm³/mol. The number of nitrogens with zero attached hydrogens (tertiary/aromatic N) is 1. The SMILES string of the molecule is CCC(=O)OC(OP(=O)(CCCCc1ccccc1)CC(=O)N1CC(c2ccccc2)CC1C(=O)O)C(C)C. The first-order chi connectivity index (χ1) is 18.6. The number of aliphatic carboxylic acids is 1. The second-order valence-corrected chi connectivity index (χ2v) is 13.0. The van der Waals surface area contributed by atoms with Gasteiger partial charge in [0.2, 0.25) is 19.6 Å². The number of carbonyl (C=O) groups is 3. The summed E-state index contributed by atoms with van der Waals surface area (Å²) < 4.78 is 25.6. The number of esters is 1. The molecular formula is C30H40NO7P. The van der Waals surface area contributed by atoms with Gasteiger partial charge in [-0.15, -0.1) is 0 Å². The van der Waals surface area contributed by atoms with Crippen molar-refractivity contribution < 1.29 is 33.3 Å². The fraction of sp³-hybridized carbons (Fsp3) is 0.500. The van der Waals surface area contributed by atoms with Crippen molar-refractivity contribution >= 4 is 25.2 Å². The highest BCUT2D eigenvalue weighted by Crippen LogP contribution is 2.51. The lowest BCUT2D eigenvalue weighted by Crippen LogP contribution is -2.42. The number of hydrogen-bond acceptors (Lipinski definition) is 6. The lowest BCUT2D eigenvalue weighted by molar-refractivity contribution is -0.169. The fourth-order valence-corrected chi connectivity index (χ4v) is 7.09. The molecule has 0 radical (unpaired) electrons. The quantitative estimate of drug-likeness (QED) is 0.137. The first-order valence-electron chi connectivity index (χ1n) is 13.7. The number of carboxylic acid groups (broad SMARTS) is 1. The van der Waals surface area contributed by atoms with E-state index in [1.807, 2.05) is 60.7 Å². The Hall–Kier alpha value is -2.96. The number of carbonyl (C=O) groups excluding carboxylic acids is 2. The van der Waals surface area contributed by atoms with Gasteiger partial charge in [-0.1, -0.05) is 81.4 Å². The van der Waals surface area contributed by atoms with Crippen molar-refractivity contribution in [1.82, 2.24) is 4.90 Å². The molecule has 0 aromatic heterocycles. The van der Waals surface area contributed by atoms with Gasteiger partial charge in [0.15, 0.2) is 0 Å². The Labute approximate surface area is 231 Å². The van der Waals surface area contributed by atoms with E-state index in [2.05, 4.69) is 0 Å². The number of aryl methyl sites for hydroxylation is 1. The monoisotopic (exact) mass is 557 g/mol. The van der Waals surface area contributed by atoms with E-state index in [1.165, 1.54) is 4.90 Å². The van der Waals surface area contributed by atoms with Gasteiger partial charge in [-0.25, -0.2) is 4.79 Å². The normalized spacial score (nSPS) is 19.4. The number of unbranched alkanes of at least 4 members (excludes halogenated alkanes) is 1. The van der Waals surface area contributed by atoms with E-state index in [4.69, 9.17) is 9.26 Å². The number of likely N-dealkylation sites (tertiary alicyclic amines) is 1. The molecule has 4 atom stereocenters. The topological polar surface area (TPSA) is 110 Å². The molecule has 2 aromatic carbocycles. The molecule has 212 valence electrons. The standard InChI is InChI=1S/C30H40NO7P/c1-4-28(33)37-30(22(2)3)38-39(36,18-12-11-15-23-13-7-5-8-14-23)21-27(32)31-20-25(19-26(31)29(34)35)24-16-9-6-10-17-24/h5-10,13-14,16-17,22,25-26,30H,4,11-12,15,18-21H2,1-3H3,(H,34,35). The van der Waals surface area contributed by atoms with Crippen molar-refractivity contribution in [3.8, 4) is 0 Å². The Bertz CT molecular complexity index is 1140. The molecule has 1 fully saturated rings. The summed E-state index contributed by atoms with van der Waals surface area (Å²) >= 11 is 0. The van der Waals surface area contributed by atoms with Crippen molar-refractivity contribution in [2.24, 2.45) is 5.92 Å². The molecule has 1 aliphatic heterocycles. The summed E-state index contributed by atoms with van der Waals surface area (Å²) in [7, 11) is -3.64. The molecule has 2 aromatic rings. The molecule has 4 unspecified atom stereocenters. The van der Waals surface area contributed by atoms with E-state index >= 15 is 0 Å². The van der Waals surface area contributed by atoms with Crippen LogP contribution in [0.2, 0.25) is 0 Å². The van der Waals surface area contributed by atoms with Crippen molar-refractivity contribution in [3.05, 3.63) is 71.8 Å². The zero-order valence-electron chi connectivity index (χ0n) is 23.0. The van der Waals surface area contributed by atoms with E-state index in [0.29, 0.717) is 6.42 Å². The molecule has 1 saturated heterocycles. The molecule has 1 N–H and O–H groups in total. The Morgan fingerprint density at radius 3 is 2.26 bits per heavy atom. The second kappa shape index (κ2) is 14.4. The highest BCUT2D eigenvalue weighted by atomic mass is 31.2. The summed E-state index contributed by atoms with van der Waals surface area (Å²) in [5, 5.41) is 9.87. The molecule has 0 spiro atoms. The summed E-state index contributed by atoms with van der Waals surface area (Å²) in [5.74, 6) is -2.49. The Morgan fingerprint density at radius 1 is 1.03 bits per heavy atom. The third-order valence-electron chi connectivity index (χ3n) is 6.99. The minimum Gasteiger partial charge on any atom is -0.480 e. The smallest absolute Gasteiger partial charge is 0.326 e. The zero-order valence-corrected chi connectivity index (χ0v) is 23.9. The van der Waals surface area contributed by atoms with Crippen LogP contribution in [0.1, 0.15) is 63.5 Å². The molecule has 1 amide bonds. The average molecular weight is 558 g/mol. The number of benzene rings is 2. The van der Waals surface area contributed by atoms with Crippen LogP contribution >= 0.6 is 7.37 Å². The Morgan fingerprint density at radius 2 is 1.67 bits per heavy atom. The molecule has 3 rings (SSSR count). The van der Waals surface area contributed by atoms with Crippen molar-refractivity contribution in [2.75, 3.05) is 18.9 Å². The van der Waals surface area contributed by atoms with Gasteiger partial charge >= 0.3 is 11.9 Å². The van der Waals surface area contributed by atoms with Crippen LogP contribution in [0, 0.1) is 5.92 Å². The lowest BCUT2D eigenvalue weighted by atomic mass is 9.96. The van der Waals surface area contributed by atoms with Crippen LogP contribution in [-0.4, -0.2) is 59.1 Å². The third-order valence-corrected chi connectivity index (χ3v) is 9.33. The van der Waals surface area contributed by atoms with Crippen molar-refractivity contribution in [1.29, 1.82) is 0 Å². The van der Waals surface area contributed by atoms with E-state index in [-0.39, 0.29) is 37.4 Å². The van der Waals surface area contributed by atoms with Crippen LogP contribution < -0.4 is 0 Å². The van der Waals surface area contributed by atoms with Crippen molar-refractivity contribution in [3.63, 3.8) is 0 Å². The van der Waals surface area contributed by atoms with Crippen LogP contribution in [0.3, 0.4) is 0 Å². The van der Waals surface area contributed by atoms with Crippen LogP contribution in [0.15, 0.2) is 60.7 Å².